The second kappa shape index (κ2) is 16.3. The fourth-order valence-electron chi connectivity index (χ4n) is 3.88. The molecular formula is C30H43FO3. The Morgan fingerprint density at radius 3 is 2.18 bits per heavy atom. The van der Waals surface area contributed by atoms with Gasteiger partial charge >= 0.3 is 5.97 Å². The molecular weight excluding hydrogens is 427 g/mol. The molecule has 0 saturated carbocycles. The third-order valence-corrected chi connectivity index (χ3v) is 6.41. The van der Waals surface area contributed by atoms with E-state index in [1.54, 1.807) is 18.2 Å². The van der Waals surface area contributed by atoms with Gasteiger partial charge in [-0.05, 0) is 54.2 Å². The summed E-state index contributed by atoms with van der Waals surface area (Å²) in [5, 5.41) is 0. The summed E-state index contributed by atoms with van der Waals surface area (Å²) in [6, 6.07) is 12.2. The zero-order valence-electron chi connectivity index (χ0n) is 21.4. The van der Waals surface area contributed by atoms with Crippen molar-refractivity contribution in [3.05, 3.63) is 53.8 Å². The van der Waals surface area contributed by atoms with Gasteiger partial charge in [0.1, 0.15) is 0 Å². The molecule has 0 N–H and O–H groups in total. The predicted octanol–water partition coefficient (Wildman–Crippen LogP) is 9.00. The summed E-state index contributed by atoms with van der Waals surface area (Å²) in [5.41, 5.74) is 2.12. The number of carbonyl (C=O) groups is 1. The Kier molecular flexibility index (Phi) is 13.4. The van der Waals surface area contributed by atoms with E-state index in [-0.39, 0.29) is 11.8 Å². The summed E-state index contributed by atoms with van der Waals surface area (Å²) in [5.74, 6) is 0.398. The smallest absolute Gasteiger partial charge is 0.338 e. The molecule has 34 heavy (non-hydrogen) atoms. The third-order valence-electron chi connectivity index (χ3n) is 6.41. The minimum Gasteiger partial charge on any atom is -0.491 e. The van der Waals surface area contributed by atoms with Crippen LogP contribution in [0.3, 0.4) is 0 Å². The van der Waals surface area contributed by atoms with E-state index in [4.69, 9.17) is 9.47 Å². The highest BCUT2D eigenvalue weighted by molar-refractivity contribution is 5.90. The van der Waals surface area contributed by atoms with Crippen LogP contribution in [0.25, 0.3) is 11.1 Å². The molecule has 3 nitrogen and oxygen atoms in total. The molecule has 0 aliphatic heterocycles. The van der Waals surface area contributed by atoms with Gasteiger partial charge in [0.15, 0.2) is 11.6 Å². The highest BCUT2D eigenvalue weighted by atomic mass is 19.1. The second-order valence-electron chi connectivity index (χ2n) is 9.34. The Morgan fingerprint density at radius 1 is 0.824 bits per heavy atom. The number of hydrogen-bond donors (Lipinski definition) is 0. The van der Waals surface area contributed by atoms with E-state index >= 15 is 0 Å². The molecule has 0 spiro atoms. The number of benzene rings is 2. The largest absolute Gasteiger partial charge is 0.491 e. The molecule has 0 amide bonds. The van der Waals surface area contributed by atoms with E-state index in [9.17, 15) is 9.18 Å². The van der Waals surface area contributed by atoms with Crippen molar-refractivity contribution < 1.29 is 18.7 Å². The molecule has 2 aromatic carbocycles. The Labute approximate surface area is 206 Å². The molecule has 1 atom stereocenters. The number of carbonyl (C=O) groups excluding carboxylic acids is 1. The van der Waals surface area contributed by atoms with Crippen LogP contribution >= 0.6 is 0 Å². The lowest BCUT2D eigenvalue weighted by Gasteiger charge is -2.10. The molecule has 0 fully saturated rings. The number of hydrogen-bond acceptors (Lipinski definition) is 3. The van der Waals surface area contributed by atoms with Crippen molar-refractivity contribution in [2.75, 3.05) is 13.2 Å². The second-order valence-corrected chi connectivity index (χ2v) is 9.34. The van der Waals surface area contributed by atoms with Crippen LogP contribution in [0.5, 0.6) is 5.75 Å². The molecule has 0 unspecified atom stereocenters. The van der Waals surface area contributed by atoms with Crippen LogP contribution in [0.2, 0.25) is 0 Å². The van der Waals surface area contributed by atoms with E-state index in [0.717, 1.165) is 42.7 Å². The average Bonchev–Trinajstić information content (AvgIpc) is 2.86. The topological polar surface area (TPSA) is 35.5 Å². The Bertz CT molecular complexity index is 831. The number of ether oxygens (including phenoxy) is 2. The highest BCUT2D eigenvalue weighted by Crippen LogP contribution is 2.26. The molecule has 4 heteroatoms. The van der Waals surface area contributed by atoms with Crippen LogP contribution in [0, 0.1) is 11.7 Å². The highest BCUT2D eigenvalue weighted by Gasteiger charge is 2.10. The first-order valence-electron chi connectivity index (χ1n) is 13.2. The van der Waals surface area contributed by atoms with Crippen LogP contribution in [0.4, 0.5) is 4.39 Å². The number of unbranched alkanes of at least 4 members (excludes halogenated alkanes) is 7. The first kappa shape index (κ1) is 27.9. The van der Waals surface area contributed by atoms with E-state index < -0.39 is 0 Å². The average molecular weight is 471 g/mol. The van der Waals surface area contributed by atoms with Gasteiger partial charge in [-0.1, -0.05) is 96.8 Å². The molecule has 0 heterocycles. The molecule has 0 saturated heterocycles. The van der Waals surface area contributed by atoms with Crippen molar-refractivity contribution in [2.45, 2.75) is 91.4 Å². The SMILES string of the molecule is CCCCCCCCOC(=O)c1ccc(-c2ccc(OCCCCC[C@@H](C)CC)c(F)c2)cc1. The molecule has 2 aromatic rings. The van der Waals surface area contributed by atoms with Crippen LogP contribution in [-0.2, 0) is 4.74 Å². The van der Waals surface area contributed by atoms with Gasteiger partial charge in [0.25, 0.3) is 0 Å². The summed E-state index contributed by atoms with van der Waals surface area (Å²) in [4.78, 5) is 12.2. The summed E-state index contributed by atoms with van der Waals surface area (Å²) in [6.07, 6.45) is 12.6. The third kappa shape index (κ3) is 10.3. The standard InChI is InChI=1S/C30H43FO3/c1-4-6-7-8-9-12-22-34-30(32)26-17-15-25(16-18-26)27-19-20-29(28(31)23-27)33-21-13-10-11-14-24(3)5-2/h15-20,23-24H,4-14,21-22H2,1-3H3/t24-/m0/s1. The number of esters is 1. The number of halogens is 1. The predicted molar refractivity (Wildman–Crippen MR) is 139 cm³/mol. The van der Waals surface area contributed by atoms with Crippen LogP contribution < -0.4 is 4.74 Å². The maximum atomic E-state index is 14.5. The fourth-order valence-corrected chi connectivity index (χ4v) is 3.88. The van der Waals surface area contributed by atoms with Gasteiger partial charge in [0.2, 0.25) is 0 Å². The van der Waals surface area contributed by atoms with Gasteiger partial charge in [0, 0.05) is 0 Å². The molecule has 2 rings (SSSR count). The van der Waals surface area contributed by atoms with Crippen molar-refractivity contribution in [2.24, 2.45) is 5.92 Å². The molecule has 0 bridgehead atoms. The summed E-state index contributed by atoms with van der Waals surface area (Å²) in [6.45, 7) is 7.69. The van der Waals surface area contributed by atoms with Gasteiger partial charge < -0.3 is 9.47 Å². The first-order chi connectivity index (χ1) is 16.5. The molecule has 0 aliphatic carbocycles. The van der Waals surface area contributed by atoms with Gasteiger partial charge in [0.05, 0.1) is 18.8 Å². The van der Waals surface area contributed by atoms with Crippen LogP contribution in [0.1, 0.15) is 102 Å². The molecule has 0 radical (unpaired) electrons. The van der Waals surface area contributed by atoms with Gasteiger partial charge in [-0.25, -0.2) is 9.18 Å². The van der Waals surface area contributed by atoms with Crippen molar-refractivity contribution in [3.8, 4) is 16.9 Å². The van der Waals surface area contributed by atoms with Gasteiger partial charge in [-0.15, -0.1) is 0 Å². The van der Waals surface area contributed by atoms with Crippen molar-refractivity contribution in [1.29, 1.82) is 0 Å². The van der Waals surface area contributed by atoms with Crippen molar-refractivity contribution in [3.63, 3.8) is 0 Å². The van der Waals surface area contributed by atoms with Gasteiger partial charge in [-0.3, -0.25) is 0 Å². The maximum absolute atomic E-state index is 14.5. The first-order valence-corrected chi connectivity index (χ1v) is 13.2. The lowest BCUT2D eigenvalue weighted by atomic mass is 10.0. The molecule has 0 aromatic heterocycles. The van der Waals surface area contributed by atoms with E-state index in [1.807, 2.05) is 18.2 Å². The van der Waals surface area contributed by atoms with E-state index in [1.165, 1.54) is 51.0 Å². The summed E-state index contributed by atoms with van der Waals surface area (Å²) >= 11 is 0. The normalized spacial score (nSPS) is 11.9. The van der Waals surface area contributed by atoms with Crippen LogP contribution in [-0.4, -0.2) is 19.2 Å². The van der Waals surface area contributed by atoms with Crippen molar-refractivity contribution >= 4 is 5.97 Å². The molecule has 188 valence electrons. The van der Waals surface area contributed by atoms with Crippen LogP contribution in [0.15, 0.2) is 42.5 Å². The maximum Gasteiger partial charge on any atom is 0.338 e. The summed E-state index contributed by atoms with van der Waals surface area (Å²) < 4.78 is 25.6. The summed E-state index contributed by atoms with van der Waals surface area (Å²) in [7, 11) is 0. The monoisotopic (exact) mass is 470 g/mol. The minimum absolute atomic E-state index is 0.292. The Balaban J connectivity index is 1.76. The fraction of sp³-hybridized carbons (Fsp3) is 0.567. The van der Waals surface area contributed by atoms with Crippen molar-refractivity contribution in [1.82, 2.24) is 0 Å². The lowest BCUT2D eigenvalue weighted by molar-refractivity contribution is 0.0497. The molecule has 0 aliphatic rings. The zero-order chi connectivity index (χ0) is 24.6. The Morgan fingerprint density at radius 2 is 1.47 bits per heavy atom. The quantitative estimate of drug-likeness (QED) is 0.171. The zero-order valence-corrected chi connectivity index (χ0v) is 21.4. The number of rotatable bonds is 17. The van der Waals surface area contributed by atoms with E-state index in [2.05, 4.69) is 20.8 Å². The van der Waals surface area contributed by atoms with Gasteiger partial charge in [-0.2, -0.15) is 0 Å². The lowest BCUT2D eigenvalue weighted by Crippen LogP contribution is -2.06. The van der Waals surface area contributed by atoms with E-state index in [0.29, 0.717) is 24.5 Å². The Hall–Kier alpha value is -2.36. The minimum atomic E-state index is -0.362.